The SMILES string of the molecule is O=C(Cc1ccccc1)CN1CCCOCC1. The second-order valence-corrected chi connectivity index (χ2v) is 4.44. The van der Waals surface area contributed by atoms with Crippen LogP contribution in [-0.4, -0.2) is 43.5 Å². The van der Waals surface area contributed by atoms with E-state index >= 15 is 0 Å². The van der Waals surface area contributed by atoms with E-state index in [1.807, 2.05) is 30.3 Å². The van der Waals surface area contributed by atoms with Gasteiger partial charge in [0.05, 0.1) is 13.2 Å². The van der Waals surface area contributed by atoms with Crippen molar-refractivity contribution in [2.24, 2.45) is 0 Å². The van der Waals surface area contributed by atoms with Crippen LogP contribution in [0.15, 0.2) is 30.3 Å². The van der Waals surface area contributed by atoms with Crippen LogP contribution in [0.2, 0.25) is 0 Å². The summed E-state index contributed by atoms with van der Waals surface area (Å²) in [5, 5.41) is 0. The molecule has 1 saturated heterocycles. The molecule has 1 fully saturated rings. The van der Waals surface area contributed by atoms with Gasteiger partial charge >= 0.3 is 0 Å². The Kier molecular flexibility index (Phi) is 4.71. The molecule has 0 aliphatic carbocycles. The highest BCUT2D eigenvalue weighted by Crippen LogP contribution is 2.03. The molecule has 0 N–H and O–H groups in total. The lowest BCUT2D eigenvalue weighted by molar-refractivity contribution is -0.119. The summed E-state index contributed by atoms with van der Waals surface area (Å²) in [4.78, 5) is 14.1. The van der Waals surface area contributed by atoms with Crippen LogP contribution < -0.4 is 0 Å². The third-order valence-electron chi connectivity index (χ3n) is 2.96. The third kappa shape index (κ3) is 4.29. The van der Waals surface area contributed by atoms with Gasteiger partial charge in [-0.1, -0.05) is 30.3 Å². The Bertz CT molecular complexity index is 342. The molecule has 0 saturated carbocycles. The van der Waals surface area contributed by atoms with Crippen molar-refractivity contribution in [1.82, 2.24) is 4.90 Å². The molecule has 0 unspecified atom stereocenters. The molecule has 3 nitrogen and oxygen atoms in total. The van der Waals surface area contributed by atoms with E-state index in [2.05, 4.69) is 4.90 Å². The van der Waals surface area contributed by atoms with E-state index in [0.717, 1.165) is 38.3 Å². The Morgan fingerprint density at radius 1 is 1.18 bits per heavy atom. The van der Waals surface area contributed by atoms with E-state index < -0.39 is 0 Å². The fourth-order valence-corrected chi connectivity index (χ4v) is 2.08. The van der Waals surface area contributed by atoms with Crippen molar-refractivity contribution in [1.29, 1.82) is 0 Å². The lowest BCUT2D eigenvalue weighted by Crippen LogP contribution is -2.32. The molecular formula is C14H19NO2. The molecule has 0 spiro atoms. The van der Waals surface area contributed by atoms with Crippen molar-refractivity contribution in [3.8, 4) is 0 Å². The fraction of sp³-hybridized carbons (Fsp3) is 0.500. The van der Waals surface area contributed by atoms with Gasteiger partial charge in [-0.25, -0.2) is 0 Å². The van der Waals surface area contributed by atoms with Gasteiger partial charge < -0.3 is 4.74 Å². The summed E-state index contributed by atoms with van der Waals surface area (Å²) in [6, 6.07) is 9.93. The van der Waals surface area contributed by atoms with Crippen LogP contribution in [0.25, 0.3) is 0 Å². The van der Waals surface area contributed by atoms with Gasteiger partial charge in [-0.2, -0.15) is 0 Å². The lowest BCUT2D eigenvalue weighted by atomic mass is 10.1. The van der Waals surface area contributed by atoms with Crippen molar-refractivity contribution < 1.29 is 9.53 Å². The first-order chi connectivity index (χ1) is 8.34. The molecule has 92 valence electrons. The summed E-state index contributed by atoms with van der Waals surface area (Å²) in [6.07, 6.45) is 1.57. The number of ether oxygens (including phenoxy) is 1. The van der Waals surface area contributed by atoms with Crippen molar-refractivity contribution in [3.05, 3.63) is 35.9 Å². The minimum Gasteiger partial charge on any atom is -0.380 e. The highest BCUT2D eigenvalue weighted by atomic mass is 16.5. The zero-order valence-corrected chi connectivity index (χ0v) is 10.1. The van der Waals surface area contributed by atoms with Gasteiger partial charge in [-0.3, -0.25) is 9.69 Å². The summed E-state index contributed by atoms with van der Waals surface area (Å²) < 4.78 is 5.37. The average Bonchev–Trinajstić information content (AvgIpc) is 2.59. The number of rotatable bonds is 4. The molecule has 1 aromatic rings. The number of hydrogen-bond donors (Lipinski definition) is 0. The van der Waals surface area contributed by atoms with Gasteiger partial charge in [0, 0.05) is 26.1 Å². The van der Waals surface area contributed by atoms with Crippen LogP contribution >= 0.6 is 0 Å². The molecule has 1 aliphatic rings. The number of carbonyl (C=O) groups is 1. The Morgan fingerprint density at radius 3 is 2.82 bits per heavy atom. The maximum Gasteiger partial charge on any atom is 0.151 e. The molecular weight excluding hydrogens is 214 g/mol. The van der Waals surface area contributed by atoms with E-state index in [1.54, 1.807) is 0 Å². The number of ketones is 1. The smallest absolute Gasteiger partial charge is 0.151 e. The average molecular weight is 233 g/mol. The molecule has 1 aliphatic heterocycles. The largest absolute Gasteiger partial charge is 0.380 e. The lowest BCUT2D eigenvalue weighted by Gasteiger charge is -2.17. The molecule has 1 aromatic carbocycles. The highest BCUT2D eigenvalue weighted by molar-refractivity contribution is 5.82. The number of hydrogen-bond acceptors (Lipinski definition) is 3. The summed E-state index contributed by atoms with van der Waals surface area (Å²) >= 11 is 0. The topological polar surface area (TPSA) is 29.5 Å². The molecule has 17 heavy (non-hydrogen) atoms. The van der Waals surface area contributed by atoms with Crippen molar-refractivity contribution >= 4 is 5.78 Å². The molecule has 0 atom stereocenters. The predicted octanol–water partition coefficient (Wildman–Crippen LogP) is 1.52. The van der Waals surface area contributed by atoms with Gasteiger partial charge in [0.1, 0.15) is 0 Å². The van der Waals surface area contributed by atoms with Crippen LogP contribution in [0.4, 0.5) is 0 Å². The van der Waals surface area contributed by atoms with Crippen molar-refractivity contribution in [2.45, 2.75) is 12.8 Å². The first-order valence-electron chi connectivity index (χ1n) is 6.20. The fourth-order valence-electron chi connectivity index (χ4n) is 2.08. The molecule has 3 heteroatoms. The Labute approximate surface area is 102 Å². The summed E-state index contributed by atoms with van der Waals surface area (Å²) in [6.45, 7) is 3.97. The normalized spacial score (nSPS) is 17.6. The van der Waals surface area contributed by atoms with Crippen molar-refractivity contribution in [3.63, 3.8) is 0 Å². The minimum absolute atomic E-state index is 0.290. The first-order valence-corrected chi connectivity index (χ1v) is 6.20. The van der Waals surface area contributed by atoms with E-state index in [1.165, 1.54) is 0 Å². The molecule has 2 rings (SSSR count). The van der Waals surface area contributed by atoms with Crippen LogP contribution in [0.1, 0.15) is 12.0 Å². The molecule has 1 heterocycles. The van der Waals surface area contributed by atoms with Gasteiger partial charge in [0.15, 0.2) is 5.78 Å². The number of benzene rings is 1. The highest BCUT2D eigenvalue weighted by Gasteiger charge is 2.13. The number of Topliss-reactive ketones (excluding diaryl/α,β-unsaturated/α-hetero) is 1. The standard InChI is InChI=1S/C14H19NO2/c16-14(11-13-5-2-1-3-6-13)12-15-7-4-9-17-10-8-15/h1-3,5-6H,4,7-12H2. The number of carbonyl (C=O) groups excluding carboxylic acids is 1. The Morgan fingerprint density at radius 2 is 2.00 bits per heavy atom. The maximum atomic E-state index is 11.9. The van der Waals surface area contributed by atoms with Crippen molar-refractivity contribution in [2.75, 3.05) is 32.8 Å². The molecule has 0 radical (unpaired) electrons. The van der Waals surface area contributed by atoms with Crippen LogP contribution in [0.5, 0.6) is 0 Å². The van der Waals surface area contributed by atoms with E-state index in [9.17, 15) is 4.79 Å². The van der Waals surface area contributed by atoms with Crippen LogP contribution in [0, 0.1) is 0 Å². The second-order valence-electron chi connectivity index (χ2n) is 4.44. The predicted molar refractivity (Wildman–Crippen MR) is 67.0 cm³/mol. The van der Waals surface area contributed by atoms with E-state index in [0.29, 0.717) is 13.0 Å². The first kappa shape index (κ1) is 12.3. The van der Waals surface area contributed by atoms with Gasteiger partial charge in [0.25, 0.3) is 0 Å². The summed E-state index contributed by atoms with van der Waals surface area (Å²) in [7, 11) is 0. The summed E-state index contributed by atoms with van der Waals surface area (Å²) in [5.41, 5.74) is 1.10. The zero-order valence-electron chi connectivity index (χ0n) is 10.1. The van der Waals surface area contributed by atoms with Gasteiger partial charge in [-0.05, 0) is 12.0 Å². The maximum absolute atomic E-state index is 11.9. The van der Waals surface area contributed by atoms with Crippen LogP contribution in [-0.2, 0) is 16.0 Å². The monoisotopic (exact) mass is 233 g/mol. The Hall–Kier alpha value is -1.19. The zero-order chi connectivity index (χ0) is 11.9. The van der Waals surface area contributed by atoms with E-state index in [4.69, 9.17) is 4.74 Å². The molecule has 0 aromatic heterocycles. The minimum atomic E-state index is 0.290. The third-order valence-corrected chi connectivity index (χ3v) is 2.96. The quantitative estimate of drug-likeness (QED) is 0.789. The second kappa shape index (κ2) is 6.52. The number of nitrogens with zero attached hydrogens (tertiary/aromatic N) is 1. The van der Waals surface area contributed by atoms with Crippen LogP contribution in [0.3, 0.4) is 0 Å². The molecule has 0 amide bonds. The van der Waals surface area contributed by atoms with Gasteiger partial charge in [-0.15, -0.1) is 0 Å². The van der Waals surface area contributed by atoms with E-state index in [-0.39, 0.29) is 5.78 Å². The van der Waals surface area contributed by atoms with Gasteiger partial charge in [0.2, 0.25) is 0 Å². The Balaban J connectivity index is 1.80. The summed E-state index contributed by atoms with van der Waals surface area (Å²) in [5.74, 6) is 0.290. The molecule has 0 bridgehead atoms.